The molecule has 1 aromatic heterocycles. The lowest BCUT2D eigenvalue weighted by molar-refractivity contribution is -0.694. The maximum Gasteiger partial charge on any atom is 0.417 e. The van der Waals surface area contributed by atoms with Crippen molar-refractivity contribution in [1.82, 2.24) is 14.9 Å². The van der Waals surface area contributed by atoms with Crippen LogP contribution in [0.5, 0.6) is 11.5 Å². The molecule has 1 atom stereocenters. The predicted octanol–water partition coefficient (Wildman–Crippen LogP) is 6.65. The van der Waals surface area contributed by atoms with Crippen LogP contribution in [-0.4, -0.2) is 64.9 Å². The van der Waals surface area contributed by atoms with Crippen molar-refractivity contribution in [1.29, 1.82) is 0 Å². The molecule has 3 amide bonds. The van der Waals surface area contributed by atoms with Crippen LogP contribution in [0.3, 0.4) is 0 Å². The van der Waals surface area contributed by atoms with Gasteiger partial charge in [0.1, 0.15) is 22.9 Å². The van der Waals surface area contributed by atoms with E-state index in [2.05, 4.69) is 23.9 Å². The van der Waals surface area contributed by atoms with Crippen molar-refractivity contribution < 1.29 is 58.7 Å². The van der Waals surface area contributed by atoms with Crippen molar-refractivity contribution in [3.63, 3.8) is 0 Å². The number of amides is 3. The van der Waals surface area contributed by atoms with Crippen LogP contribution < -0.4 is 36.5 Å². The van der Waals surface area contributed by atoms with Crippen molar-refractivity contribution in [2.75, 3.05) is 27.4 Å². The van der Waals surface area contributed by atoms with Gasteiger partial charge in [-0.25, -0.2) is 32.2 Å². The highest BCUT2D eigenvalue weighted by Crippen LogP contribution is 2.29. The summed E-state index contributed by atoms with van der Waals surface area (Å²) in [6.07, 6.45) is 19.7. The summed E-state index contributed by atoms with van der Waals surface area (Å²) in [5, 5.41) is 2.65. The van der Waals surface area contributed by atoms with Gasteiger partial charge in [0, 0.05) is 36.2 Å². The van der Waals surface area contributed by atoms with Gasteiger partial charge in [0.15, 0.2) is 12.4 Å². The number of carbonyl (C=O) groups excluding carboxylic acids is 3. The lowest BCUT2D eigenvalue weighted by Gasteiger charge is -2.21. The van der Waals surface area contributed by atoms with E-state index in [0.29, 0.717) is 17.9 Å². The molecule has 0 fully saturated rings. The fraction of sp³-hybridized carbons (Fsp3) is 0.574. The molecule has 0 saturated heterocycles. The molecule has 0 radical (unpaired) electrons. The van der Waals surface area contributed by atoms with Crippen molar-refractivity contribution in [2.24, 2.45) is 0 Å². The Morgan fingerprint density at radius 3 is 2.03 bits per heavy atom. The van der Waals surface area contributed by atoms with Crippen LogP contribution in [0.4, 0.5) is 9.59 Å². The van der Waals surface area contributed by atoms with Gasteiger partial charge in [0.2, 0.25) is 10.0 Å². The van der Waals surface area contributed by atoms with Crippen LogP contribution in [-0.2, 0) is 39.1 Å². The smallest absolute Gasteiger partial charge is 0.417 e. The van der Waals surface area contributed by atoms with E-state index in [0.717, 1.165) is 42.6 Å². The van der Waals surface area contributed by atoms with Crippen molar-refractivity contribution in [3.8, 4) is 11.5 Å². The number of hydrogen-bond donors (Lipinski definition) is 2. The number of benzene rings is 2. The molecule has 15 heteroatoms. The third kappa shape index (κ3) is 18.9. The summed E-state index contributed by atoms with van der Waals surface area (Å²) >= 11 is 0. The number of aromatic nitrogens is 1. The third-order valence-electron chi connectivity index (χ3n) is 10.5. The summed E-state index contributed by atoms with van der Waals surface area (Å²) in [4.78, 5) is 40.6. The molecule has 0 saturated carbocycles. The first-order valence-corrected chi connectivity index (χ1v) is 23.7. The number of para-hydroxylation sites is 2. The summed E-state index contributed by atoms with van der Waals surface area (Å²) in [7, 11) is -1.07. The highest BCUT2D eigenvalue weighted by Gasteiger charge is 2.28. The zero-order valence-electron chi connectivity index (χ0n) is 37.6. The first-order chi connectivity index (χ1) is 29.6. The van der Waals surface area contributed by atoms with E-state index in [1.807, 2.05) is 36.0 Å². The molecule has 1 unspecified atom stereocenters. The van der Waals surface area contributed by atoms with E-state index in [1.165, 1.54) is 84.5 Å². The van der Waals surface area contributed by atoms with Crippen molar-refractivity contribution >= 4 is 28.1 Å². The van der Waals surface area contributed by atoms with Gasteiger partial charge in [-0.3, -0.25) is 4.79 Å². The molecule has 346 valence electrons. The zero-order valence-corrected chi connectivity index (χ0v) is 39.2. The number of methoxy groups -OCH3 is 2. The molecule has 0 spiro atoms. The Hall–Kier alpha value is -4.40. The molecule has 2 aromatic carbocycles. The third-order valence-corrected chi connectivity index (χ3v) is 12.1. The van der Waals surface area contributed by atoms with Gasteiger partial charge in [-0.1, -0.05) is 122 Å². The van der Waals surface area contributed by atoms with E-state index >= 15 is 0 Å². The number of sulfonamides is 1. The summed E-state index contributed by atoms with van der Waals surface area (Å²) in [6.45, 7) is 6.72. The van der Waals surface area contributed by atoms with Gasteiger partial charge in [-0.05, 0) is 44.0 Å². The predicted molar refractivity (Wildman–Crippen MR) is 237 cm³/mol. The van der Waals surface area contributed by atoms with Crippen LogP contribution in [0.2, 0.25) is 0 Å². The highest BCUT2D eigenvalue weighted by atomic mass is 35.5. The van der Waals surface area contributed by atoms with Gasteiger partial charge in [0.05, 0.1) is 39.5 Å². The molecule has 2 N–H and O–H groups in total. The Kier molecular flexibility index (Phi) is 26.5. The fourth-order valence-electron chi connectivity index (χ4n) is 7.18. The SMILES string of the molecule is CCCCCCCCCCCCCCC(CCC)NS(=O)(=O)c1cccc(CNC(=O)OCCCOC(=O)N(Cc2ccc[n+](CC)c2)C(=O)c2ccccc2OC)c1OC.[Cl-]. The van der Waals surface area contributed by atoms with Crippen molar-refractivity contribution in [3.05, 3.63) is 83.7 Å². The minimum atomic E-state index is -3.92. The first kappa shape index (κ1) is 53.7. The number of aryl methyl sites for hydroxylation is 1. The maximum atomic E-state index is 13.7. The van der Waals surface area contributed by atoms with E-state index in [9.17, 15) is 22.8 Å². The largest absolute Gasteiger partial charge is 1.00 e. The number of nitrogens with one attached hydrogen (secondary N) is 2. The Bertz CT molecular complexity index is 1880. The number of pyridine rings is 1. The van der Waals surface area contributed by atoms with Gasteiger partial charge < -0.3 is 36.7 Å². The second-order valence-electron chi connectivity index (χ2n) is 15.3. The number of hydrogen-bond acceptors (Lipinski definition) is 9. The number of imide groups is 1. The number of nitrogens with zero attached hydrogens (tertiary/aromatic N) is 2. The Morgan fingerprint density at radius 1 is 0.726 bits per heavy atom. The number of alkyl carbamates (subject to hydrolysis) is 1. The van der Waals surface area contributed by atoms with Gasteiger partial charge in [0.25, 0.3) is 5.91 Å². The van der Waals surface area contributed by atoms with Crippen LogP contribution >= 0.6 is 0 Å². The molecule has 0 aliphatic rings. The number of carbonyl (C=O) groups is 3. The van der Waals surface area contributed by atoms with E-state index < -0.39 is 28.1 Å². The van der Waals surface area contributed by atoms with E-state index in [1.54, 1.807) is 36.4 Å². The van der Waals surface area contributed by atoms with Crippen LogP contribution in [0.15, 0.2) is 71.9 Å². The zero-order chi connectivity index (χ0) is 44.3. The molecule has 0 bridgehead atoms. The molecule has 13 nitrogen and oxygen atoms in total. The van der Waals surface area contributed by atoms with Gasteiger partial charge >= 0.3 is 12.2 Å². The van der Waals surface area contributed by atoms with Crippen LogP contribution in [0.1, 0.15) is 145 Å². The molecule has 1 heterocycles. The summed E-state index contributed by atoms with van der Waals surface area (Å²) in [6, 6.07) is 14.9. The van der Waals surface area contributed by atoms with Gasteiger partial charge in [-0.2, -0.15) is 0 Å². The molecular formula is C47H71ClN4O9S. The normalized spacial score (nSPS) is 11.6. The second-order valence-corrected chi connectivity index (χ2v) is 17.0. The Morgan fingerprint density at radius 2 is 1.39 bits per heavy atom. The van der Waals surface area contributed by atoms with Crippen molar-refractivity contribution in [2.45, 2.75) is 154 Å². The molecular weight excluding hydrogens is 832 g/mol. The summed E-state index contributed by atoms with van der Waals surface area (Å²) < 4.78 is 54.0. The highest BCUT2D eigenvalue weighted by molar-refractivity contribution is 7.89. The maximum absolute atomic E-state index is 13.7. The molecule has 0 aliphatic carbocycles. The Balaban J connectivity index is 0.0000132. The number of unbranched alkanes of at least 4 members (excludes halogenated alkanes) is 11. The molecule has 3 aromatic rings. The summed E-state index contributed by atoms with van der Waals surface area (Å²) in [5.74, 6) is -0.108. The molecule has 62 heavy (non-hydrogen) atoms. The average Bonchev–Trinajstić information content (AvgIpc) is 3.27. The van der Waals surface area contributed by atoms with E-state index in [-0.39, 0.29) is 67.4 Å². The molecule has 3 rings (SSSR count). The topological polar surface area (TPSA) is 153 Å². The number of halogens is 1. The monoisotopic (exact) mass is 902 g/mol. The minimum absolute atomic E-state index is 0. The molecule has 0 aliphatic heterocycles. The standard InChI is InChI=1S/C47H70N4O9S.ClH/c1-6-9-10-11-12-13-14-15-16-17-18-19-28-40(25-7-2)49-61(55,56)43-31-22-27-39(44(43)58-5)35-48-46(53)59-33-24-34-60-47(54)51(37-38-26-23-32-50(8-3)36-38)45(52)41-29-20-21-30-42(41)57-4;/h20-23,26-27,29-32,36,40,49H,6-19,24-25,28,33-35,37H2,1-5H3;1H. The van der Waals surface area contributed by atoms with Crippen LogP contribution in [0, 0.1) is 0 Å². The minimum Gasteiger partial charge on any atom is -1.00 e. The first-order valence-electron chi connectivity index (χ1n) is 22.3. The van der Waals surface area contributed by atoms with Crippen LogP contribution in [0.25, 0.3) is 0 Å². The average molecular weight is 904 g/mol. The number of rotatable bonds is 30. The quantitative estimate of drug-likeness (QED) is 0.0554. The van der Waals surface area contributed by atoms with E-state index in [4.69, 9.17) is 18.9 Å². The summed E-state index contributed by atoms with van der Waals surface area (Å²) in [5.41, 5.74) is 1.40. The second kappa shape index (κ2) is 30.6. The Labute approximate surface area is 377 Å². The lowest BCUT2D eigenvalue weighted by Crippen LogP contribution is -3.00. The fourth-order valence-corrected chi connectivity index (χ4v) is 8.70. The lowest BCUT2D eigenvalue weighted by atomic mass is 10.0. The van der Waals surface area contributed by atoms with Gasteiger partial charge in [-0.15, -0.1) is 0 Å². The number of ether oxygens (including phenoxy) is 4.